The Kier molecular flexibility index (Phi) is 7.42. The summed E-state index contributed by atoms with van der Waals surface area (Å²) in [4.78, 5) is 11.7. The van der Waals surface area contributed by atoms with E-state index in [1.54, 1.807) is 6.92 Å². The summed E-state index contributed by atoms with van der Waals surface area (Å²) in [6.45, 7) is 6.85. The van der Waals surface area contributed by atoms with E-state index in [-0.39, 0.29) is 25.1 Å². The van der Waals surface area contributed by atoms with Crippen LogP contribution in [0.3, 0.4) is 0 Å². The van der Waals surface area contributed by atoms with Gasteiger partial charge in [-0.05, 0) is 12.8 Å². The molecule has 1 rings (SSSR count). The molecule has 1 heterocycles. The second-order valence-electron chi connectivity index (χ2n) is 4.98. The molecule has 1 aromatic rings. The topological polar surface area (TPSA) is 96.4 Å². The molecule has 1 amide bonds. The van der Waals surface area contributed by atoms with Crippen LogP contribution in [0.5, 0.6) is 5.88 Å². The highest BCUT2D eigenvalue weighted by Crippen LogP contribution is 2.05. The highest BCUT2D eigenvalue weighted by atomic mass is 32.1. The predicted molar refractivity (Wildman–Crippen MR) is 76.7 cm³/mol. The number of amides is 1. The lowest BCUT2D eigenvalue weighted by molar-refractivity contribution is -0.123. The second kappa shape index (κ2) is 8.83. The average molecular weight is 302 g/mol. The van der Waals surface area contributed by atoms with Crippen molar-refractivity contribution in [3.8, 4) is 5.88 Å². The molecule has 3 N–H and O–H groups in total. The largest absolute Gasteiger partial charge is 0.473 e. The standard InChI is InChI=1S/C12H22N4O3S/c1-8(2)4-14-12(18)9(3)13-5-10(17)7-19-11-6-15-20-16-11/h6,8-10,13,17H,4-5,7H2,1-3H3,(H,14,18). The molecule has 0 aliphatic heterocycles. The maximum Gasteiger partial charge on any atom is 0.245 e. The predicted octanol–water partition coefficient (Wildman–Crippen LogP) is 0.0281. The highest BCUT2D eigenvalue weighted by Gasteiger charge is 2.14. The van der Waals surface area contributed by atoms with E-state index < -0.39 is 6.10 Å². The van der Waals surface area contributed by atoms with Crippen LogP contribution in [0.2, 0.25) is 0 Å². The fourth-order valence-electron chi connectivity index (χ4n) is 1.32. The number of aliphatic hydroxyl groups excluding tert-OH is 1. The van der Waals surface area contributed by atoms with Crippen molar-refractivity contribution in [2.24, 2.45) is 5.92 Å². The average Bonchev–Trinajstić information content (AvgIpc) is 2.92. The van der Waals surface area contributed by atoms with Gasteiger partial charge in [0.05, 0.1) is 17.8 Å². The van der Waals surface area contributed by atoms with Gasteiger partial charge in [0.1, 0.15) is 18.9 Å². The first kappa shape index (κ1) is 16.8. The van der Waals surface area contributed by atoms with Gasteiger partial charge < -0.3 is 20.5 Å². The van der Waals surface area contributed by atoms with Gasteiger partial charge in [-0.25, -0.2) is 0 Å². The van der Waals surface area contributed by atoms with Crippen molar-refractivity contribution in [1.29, 1.82) is 0 Å². The van der Waals surface area contributed by atoms with Gasteiger partial charge >= 0.3 is 0 Å². The Morgan fingerprint density at radius 1 is 1.45 bits per heavy atom. The van der Waals surface area contributed by atoms with Gasteiger partial charge in [0.15, 0.2) is 0 Å². The van der Waals surface area contributed by atoms with Crippen LogP contribution in [0, 0.1) is 5.92 Å². The molecule has 0 aromatic carbocycles. The van der Waals surface area contributed by atoms with E-state index in [4.69, 9.17) is 4.74 Å². The second-order valence-corrected chi connectivity index (χ2v) is 5.54. The molecular weight excluding hydrogens is 280 g/mol. The number of carbonyl (C=O) groups excluding carboxylic acids is 1. The third-order valence-corrected chi connectivity index (χ3v) is 2.96. The van der Waals surface area contributed by atoms with Gasteiger partial charge in [0.2, 0.25) is 11.8 Å². The Morgan fingerprint density at radius 3 is 2.80 bits per heavy atom. The molecule has 2 atom stereocenters. The molecule has 7 nitrogen and oxygen atoms in total. The van der Waals surface area contributed by atoms with Crippen LogP contribution in [0.4, 0.5) is 0 Å². The summed E-state index contributed by atoms with van der Waals surface area (Å²) in [6.07, 6.45) is 0.782. The first-order valence-corrected chi connectivity index (χ1v) is 7.31. The van der Waals surface area contributed by atoms with Crippen LogP contribution < -0.4 is 15.4 Å². The monoisotopic (exact) mass is 302 g/mol. The first-order valence-electron chi connectivity index (χ1n) is 6.58. The van der Waals surface area contributed by atoms with E-state index in [9.17, 15) is 9.90 Å². The van der Waals surface area contributed by atoms with Crippen molar-refractivity contribution in [3.63, 3.8) is 0 Å². The van der Waals surface area contributed by atoms with Crippen molar-refractivity contribution < 1.29 is 14.6 Å². The number of aliphatic hydroxyl groups is 1. The molecule has 20 heavy (non-hydrogen) atoms. The minimum absolute atomic E-state index is 0.0736. The number of hydrogen-bond donors (Lipinski definition) is 3. The number of nitrogens with zero attached hydrogens (tertiary/aromatic N) is 2. The van der Waals surface area contributed by atoms with Crippen molar-refractivity contribution >= 4 is 17.6 Å². The number of rotatable bonds is 9. The first-order chi connectivity index (χ1) is 9.49. The van der Waals surface area contributed by atoms with Crippen LogP contribution in [-0.2, 0) is 4.79 Å². The lowest BCUT2D eigenvalue weighted by Crippen LogP contribution is -2.46. The van der Waals surface area contributed by atoms with Crippen molar-refractivity contribution in [2.45, 2.75) is 32.9 Å². The summed E-state index contributed by atoms with van der Waals surface area (Å²) in [5, 5.41) is 15.5. The zero-order chi connectivity index (χ0) is 15.0. The van der Waals surface area contributed by atoms with Crippen molar-refractivity contribution in [3.05, 3.63) is 6.20 Å². The molecule has 0 aliphatic carbocycles. The fourth-order valence-corrected chi connectivity index (χ4v) is 1.69. The molecular formula is C12H22N4O3S. The van der Waals surface area contributed by atoms with Gasteiger partial charge in [-0.15, -0.1) is 4.37 Å². The zero-order valence-corrected chi connectivity index (χ0v) is 12.8. The van der Waals surface area contributed by atoms with Gasteiger partial charge in [0, 0.05) is 13.1 Å². The molecule has 0 radical (unpaired) electrons. The maximum atomic E-state index is 11.7. The summed E-state index contributed by atoms with van der Waals surface area (Å²) in [6, 6.07) is -0.357. The molecule has 114 valence electrons. The minimum Gasteiger partial charge on any atom is -0.473 e. The van der Waals surface area contributed by atoms with Gasteiger partial charge in [0.25, 0.3) is 0 Å². The van der Waals surface area contributed by atoms with Crippen LogP contribution >= 0.6 is 11.7 Å². The quantitative estimate of drug-likeness (QED) is 0.595. The SMILES string of the molecule is CC(C)CNC(=O)C(C)NCC(O)COc1cnsn1. The Hall–Kier alpha value is -1.25. The van der Waals surface area contributed by atoms with Crippen molar-refractivity contribution in [2.75, 3.05) is 19.7 Å². The maximum absolute atomic E-state index is 11.7. The molecule has 1 aromatic heterocycles. The number of carbonyl (C=O) groups is 1. The molecule has 0 spiro atoms. The lowest BCUT2D eigenvalue weighted by atomic mass is 10.2. The molecule has 2 unspecified atom stereocenters. The van der Waals surface area contributed by atoms with E-state index in [0.717, 1.165) is 11.7 Å². The molecule has 8 heteroatoms. The normalized spacial score (nSPS) is 14.1. The number of aromatic nitrogens is 2. The fraction of sp³-hybridized carbons (Fsp3) is 0.750. The number of nitrogens with one attached hydrogen (secondary N) is 2. The Morgan fingerprint density at radius 2 is 2.20 bits per heavy atom. The highest BCUT2D eigenvalue weighted by molar-refractivity contribution is 6.99. The molecule has 0 fully saturated rings. The van der Waals surface area contributed by atoms with Crippen LogP contribution in [-0.4, -0.2) is 51.6 Å². The van der Waals surface area contributed by atoms with Crippen LogP contribution in [0.15, 0.2) is 6.20 Å². The van der Waals surface area contributed by atoms with E-state index in [1.165, 1.54) is 6.20 Å². The summed E-state index contributed by atoms with van der Waals surface area (Å²) >= 11 is 1.05. The Bertz CT molecular complexity index is 386. The molecule has 0 saturated heterocycles. The van der Waals surface area contributed by atoms with Gasteiger partial charge in [-0.3, -0.25) is 4.79 Å². The van der Waals surface area contributed by atoms with Crippen LogP contribution in [0.25, 0.3) is 0 Å². The van der Waals surface area contributed by atoms with Crippen molar-refractivity contribution in [1.82, 2.24) is 19.4 Å². The lowest BCUT2D eigenvalue weighted by Gasteiger charge is -2.17. The summed E-state index contributed by atoms with van der Waals surface area (Å²) in [5.74, 6) is 0.740. The van der Waals surface area contributed by atoms with E-state index in [0.29, 0.717) is 18.3 Å². The summed E-state index contributed by atoms with van der Waals surface area (Å²) in [5.41, 5.74) is 0. The summed E-state index contributed by atoms with van der Waals surface area (Å²) in [7, 11) is 0. The number of ether oxygens (including phenoxy) is 1. The number of hydrogen-bond acceptors (Lipinski definition) is 7. The molecule has 0 bridgehead atoms. The van der Waals surface area contributed by atoms with E-state index in [2.05, 4.69) is 19.4 Å². The van der Waals surface area contributed by atoms with Gasteiger partial charge in [-0.2, -0.15) is 4.37 Å². The molecule has 0 saturated carbocycles. The Balaban J connectivity index is 2.15. The zero-order valence-electron chi connectivity index (χ0n) is 12.0. The Labute approximate surface area is 123 Å². The minimum atomic E-state index is -0.711. The third kappa shape index (κ3) is 6.78. The van der Waals surface area contributed by atoms with E-state index in [1.807, 2.05) is 13.8 Å². The van der Waals surface area contributed by atoms with Gasteiger partial charge in [-0.1, -0.05) is 13.8 Å². The summed E-state index contributed by atoms with van der Waals surface area (Å²) < 4.78 is 12.9. The molecule has 0 aliphatic rings. The third-order valence-electron chi connectivity index (χ3n) is 2.50. The van der Waals surface area contributed by atoms with Crippen LogP contribution in [0.1, 0.15) is 20.8 Å². The van der Waals surface area contributed by atoms with E-state index >= 15 is 0 Å². The smallest absolute Gasteiger partial charge is 0.245 e.